The molecule has 6 N–H and O–H groups in total. The average molecular weight is 576 g/mol. The van der Waals surface area contributed by atoms with Crippen LogP contribution in [0.25, 0.3) is 0 Å². The molecule has 0 aliphatic rings. The van der Waals surface area contributed by atoms with Crippen molar-refractivity contribution in [3.63, 3.8) is 0 Å². The zero-order chi connectivity index (χ0) is 28.8. The van der Waals surface area contributed by atoms with Crippen molar-refractivity contribution in [2.45, 2.75) is 22.6 Å². The molecule has 0 atom stereocenters. The molecular formula is C24H25N5O8S2. The first-order valence-electron chi connectivity index (χ1n) is 11.3. The number of nitro groups is 1. The van der Waals surface area contributed by atoms with Gasteiger partial charge in [-0.2, -0.15) is 0 Å². The number of rotatable bonds is 11. The number of nitrogens with one attached hydrogen (secondary N) is 2. The van der Waals surface area contributed by atoms with Gasteiger partial charge in [-0.1, -0.05) is 24.3 Å². The second kappa shape index (κ2) is 12.1. The third kappa shape index (κ3) is 8.15. The van der Waals surface area contributed by atoms with Crippen LogP contribution in [0, 0.1) is 10.1 Å². The number of amides is 2. The van der Waals surface area contributed by atoms with Gasteiger partial charge in [0.2, 0.25) is 20.0 Å². The predicted octanol–water partition coefficient (Wildman–Crippen LogP) is 0.835. The van der Waals surface area contributed by atoms with Crippen LogP contribution in [0.15, 0.2) is 76.5 Å². The van der Waals surface area contributed by atoms with E-state index in [2.05, 4.69) is 10.6 Å². The fourth-order valence-electron chi connectivity index (χ4n) is 3.55. The van der Waals surface area contributed by atoms with Crippen molar-refractivity contribution < 1.29 is 31.3 Å². The zero-order valence-corrected chi connectivity index (χ0v) is 22.0. The lowest BCUT2D eigenvalue weighted by Gasteiger charge is -2.11. The van der Waals surface area contributed by atoms with E-state index >= 15 is 0 Å². The van der Waals surface area contributed by atoms with E-state index in [9.17, 15) is 36.5 Å². The quantitative estimate of drug-likeness (QED) is 0.189. The first-order chi connectivity index (χ1) is 18.3. The van der Waals surface area contributed by atoms with E-state index in [4.69, 9.17) is 10.3 Å². The van der Waals surface area contributed by atoms with Crippen LogP contribution in [0.4, 0.5) is 5.69 Å². The monoisotopic (exact) mass is 575 g/mol. The molecule has 15 heteroatoms. The van der Waals surface area contributed by atoms with Crippen molar-refractivity contribution >= 4 is 37.5 Å². The molecule has 13 nitrogen and oxygen atoms in total. The standard InChI is InChI=1S/C24H25N5O8S2/c25-38(34,35)19-6-1-16(2-7-19)11-13-27-23(30)21-10-5-18(29(32)33)15-22(21)24(31)28-14-12-17-3-8-20(9-4-17)39(26,36)37/h1-10,15H,11-14H2,(H,27,30)(H,28,31)(H2,25,34,35)(H2,26,36,37). The van der Waals surface area contributed by atoms with Crippen LogP contribution in [0.1, 0.15) is 31.8 Å². The van der Waals surface area contributed by atoms with E-state index in [1.54, 1.807) is 24.3 Å². The number of nitrogens with two attached hydrogens (primary N) is 2. The Morgan fingerprint density at radius 1 is 0.692 bits per heavy atom. The third-order valence-corrected chi connectivity index (χ3v) is 7.46. The molecule has 0 aliphatic carbocycles. The van der Waals surface area contributed by atoms with Gasteiger partial charge in [0.1, 0.15) is 0 Å². The van der Waals surface area contributed by atoms with Gasteiger partial charge in [0, 0.05) is 25.2 Å². The molecule has 2 amide bonds. The molecule has 0 heterocycles. The molecular weight excluding hydrogens is 550 g/mol. The van der Waals surface area contributed by atoms with Crippen molar-refractivity contribution in [1.82, 2.24) is 10.6 Å². The minimum atomic E-state index is -3.83. The number of benzene rings is 3. The van der Waals surface area contributed by atoms with E-state index in [-0.39, 0.29) is 39.7 Å². The van der Waals surface area contributed by atoms with Crippen molar-refractivity contribution in [3.05, 3.63) is 99.1 Å². The average Bonchev–Trinajstić information content (AvgIpc) is 2.87. The zero-order valence-electron chi connectivity index (χ0n) is 20.4. The summed E-state index contributed by atoms with van der Waals surface area (Å²) in [4.78, 5) is 36.1. The fraction of sp³-hybridized carbons (Fsp3) is 0.167. The highest BCUT2D eigenvalue weighted by molar-refractivity contribution is 7.89. The Balaban J connectivity index is 1.65. The van der Waals surface area contributed by atoms with Gasteiger partial charge in [0.15, 0.2) is 0 Å². The number of carbonyl (C=O) groups is 2. The first kappa shape index (κ1) is 29.4. The second-order valence-corrected chi connectivity index (χ2v) is 11.5. The van der Waals surface area contributed by atoms with Crippen LogP contribution in [0.3, 0.4) is 0 Å². The van der Waals surface area contributed by atoms with E-state index in [1.807, 2.05) is 0 Å². The summed E-state index contributed by atoms with van der Waals surface area (Å²) < 4.78 is 45.5. The molecule has 0 saturated heterocycles. The summed E-state index contributed by atoms with van der Waals surface area (Å²) in [7, 11) is -7.66. The molecule has 39 heavy (non-hydrogen) atoms. The highest BCUT2D eigenvalue weighted by Crippen LogP contribution is 2.19. The number of sulfonamides is 2. The second-order valence-electron chi connectivity index (χ2n) is 8.38. The summed E-state index contributed by atoms with van der Waals surface area (Å²) in [5.74, 6) is -1.33. The summed E-state index contributed by atoms with van der Waals surface area (Å²) in [5.41, 5.74) is 0.799. The molecule has 0 fully saturated rings. The van der Waals surface area contributed by atoms with E-state index < -0.39 is 36.8 Å². The normalized spacial score (nSPS) is 11.5. The summed E-state index contributed by atoms with van der Waals surface area (Å²) in [6.45, 7) is 0.242. The Morgan fingerprint density at radius 3 is 1.49 bits per heavy atom. The summed E-state index contributed by atoms with van der Waals surface area (Å²) in [6.07, 6.45) is 0.659. The Labute approximate surface area is 224 Å². The van der Waals surface area contributed by atoms with E-state index in [1.165, 1.54) is 30.3 Å². The molecule has 3 rings (SSSR count). The lowest BCUT2D eigenvalue weighted by Crippen LogP contribution is -2.31. The van der Waals surface area contributed by atoms with Gasteiger partial charge in [0.05, 0.1) is 25.8 Å². The first-order valence-corrected chi connectivity index (χ1v) is 14.4. The number of nitro benzene ring substituents is 1. The number of hydrogen-bond acceptors (Lipinski definition) is 8. The lowest BCUT2D eigenvalue weighted by atomic mass is 10.0. The number of nitrogens with zero attached hydrogens (tertiary/aromatic N) is 1. The summed E-state index contributed by atoms with van der Waals surface area (Å²) in [5, 5.41) is 26.6. The molecule has 0 radical (unpaired) electrons. The number of carbonyl (C=O) groups excluding carboxylic acids is 2. The number of non-ortho nitro benzene ring substituents is 1. The molecule has 3 aromatic carbocycles. The molecule has 3 aromatic rings. The van der Waals surface area contributed by atoms with Crippen LogP contribution in [0.5, 0.6) is 0 Å². The van der Waals surface area contributed by atoms with E-state index in [0.29, 0.717) is 18.4 Å². The van der Waals surface area contributed by atoms with Crippen LogP contribution >= 0.6 is 0 Å². The molecule has 0 unspecified atom stereocenters. The topological polar surface area (TPSA) is 222 Å². The van der Waals surface area contributed by atoms with Gasteiger partial charge < -0.3 is 10.6 Å². The molecule has 0 aliphatic heterocycles. The van der Waals surface area contributed by atoms with Crippen LogP contribution in [-0.2, 0) is 32.9 Å². The SMILES string of the molecule is NS(=O)(=O)c1ccc(CCNC(=O)c2ccc([N+](=O)[O-])cc2C(=O)NCCc2ccc(S(N)(=O)=O)cc2)cc1. The number of primary sulfonamides is 2. The minimum absolute atomic E-state index is 0.0441. The molecule has 0 saturated carbocycles. The Kier molecular flexibility index (Phi) is 9.13. The van der Waals surface area contributed by atoms with Gasteiger partial charge in [-0.3, -0.25) is 19.7 Å². The Bertz CT molecular complexity index is 1610. The molecule has 206 valence electrons. The molecule has 0 bridgehead atoms. The van der Waals surface area contributed by atoms with Gasteiger partial charge >= 0.3 is 0 Å². The Hall–Kier alpha value is -4.18. The summed E-state index contributed by atoms with van der Waals surface area (Å²) >= 11 is 0. The minimum Gasteiger partial charge on any atom is -0.352 e. The van der Waals surface area contributed by atoms with Crippen LogP contribution in [-0.4, -0.2) is 46.7 Å². The van der Waals surface area contributed by atoms with Gasteiger partial charge in [-0.25, -0.2) is 27.1 Å². The van der Waals surface area contributed by atoms with Crippen LogP contribution in [0.2, 0.25) is 0 Å². The fourth-order valence-corrected chi connectivity index (χ4v) is 4.59. The molecule has 0 aromatic heterocycles. The maximum absolute atomic E-state index is 12.9. The lowest BCUT2D eigenvalue weighted by molar-refractivity contribution is -0.384. The smallest absolute Gasteiger partial charge is 0.270 e. The van der Waals surface area contributed by atoms with Gasteiger partial charge in [-0.05, 0) is 54.3 Å². The van der Waals surface area contributed by atoms with Gasteiger partial charge in [-0.15, -0.1) is 0 Å². The van der Waals surface area contributed by atoms with Crippen molar-refractivity contribution in [1.29, 1.82) is 0 Å². The predicted molar refractivity (Wildman–Crippen MR) is 141 cm³/mol. The van der Waals surface area contributed by atoms with Crippen molar-refractivity contribution in [2.24, 2.45) is 10.3 Å². The highest BCUT2D eigenvalue weighted by Gasteiger charge is 2.21. The summed E-state index contributed by atoms with van der Waals surface area (Å²) in [6, 6.07) is 14.9. The number of hydrogen-bond donors (Lipinski definition) is 4. The van der Waals surface area contributed by atoms with Crippen molar-refractivity contribution in [2.75, 3.05) is 13.1 Å². The van der Waals surface area contributed by atoms with Crippen LogP contribution < -0.4 is 20.9 Å². The maximum Gasteiger partial charge on any atom is 0.270 e. The largest absolute Gasteiger partial charge is 0.352 e. The maximum atomic E-state index is 12.9. The van der Waals surface area contributed by atoms with Crippen molar-refractivity contribution in [3.8, 4) is 0 Å². The Morgan fingerprint density at radius 2 is 1.10 bits per heavy atom. The van der Waals surface area contributed by atoms with E-state index in [0.717, 1.165) is 17.7 Å². The highest BCUT2D eigenvalue weighted by atomic mass is 32.2. The van der Waals surface area contributed by atoms with Gasteiger partial charge in [0.25, 0.3) is 17.5 Å². The third-order valence-electron chi connectivity index (χ3n) is 5.61. The molecule has 0 spiro atoms.